The van der Waals surface area contributed by atoms with Crippen LogP contribution in [-0.4, -0.2) is 30.3 Å². The molecule has 0 saturated carbocycles. The number of para-hydroxylation sites is 2. The van der Waals surface area contributed by atoms with Gasteiger partial charge in [0.15, 0.2) is 0 Å². The van der Waals surface area contributed by atoms with Crippen LogP contribution in [0.3, 0.4) is 0 Å². The number of thioether (sulfide) groups is 1. The van der Waals surface area contributed by atoms with Crippen molar-refractivity contribution < 1.29 is 9.53 Å². The van der Waals surface area contributed by atoms with Crippen molar-refractivity contribution in [2.45, 2.75) is 5.37 Å². The molecule has 1 fully saturated rings. The molecule has 1 saturated heterocycles. The predicted octanol–water partition coefficient (Wildman–Crippen LogP) is 4.63. The van der Waals surface area contributed by atoms with Gasteiger partial charge in [-0.25, -0.2) is 4.79 Å². The number of urea groups is 1. The maximum Gasteiger partial charge on any atom is 0.323 e. The van der Waals surface area contributed by atoms with Crippen LogP contribution in [0.15, 0.2) is 48.5 Å². The largest absolute Gasteiger partial charge is 0.495 e. The van der Waals surface area contributed by atoms with Crippen molar-refractivity contribution in [3.05, 3.63) is 59.1 Å². The number of methoxy groups -OCH3 is 1. The SMILES string of the molecule is COc1ccccc1NC(=O)N1CCS[C@@H]1c1cccc(Cl)c1. The van der Waals surface area contributed by atoms with Gasteiger partial charge in [0.1, 0.15) is 11.1 Å². The standard InChI is InChI=1S/C17H17ClN2O2S/c1-22-15-8-3-2-7-14(15)19-17(21)20-9-10-23-16(20)12-5-4-6-13(18)11-12/h2-8,11,16H,9-10H2,1H3,(H,19,21)/t16-/m1/s1. The molecule has 0 spiro atoms. The number of carbonyl (C=O) groups excluding carboxylic acids is 1. The summed E-state index contributed by atoms with van der Waals surface area (Å²) in [5, 5.41) is 3.59. The summed E-state index contributed by atoms with van der Waals surface area (Å²) in [5.41, 5.74) is 1.71. The Morgan fingerprint density at radius 2 is 2.13 bits per heavy atom. The van der Waals surface area contributed by atoms with Gasteiger partial charge in [-0.15, -0.1) is 11.8 Å². The van der Waals surface area contributed by atoms with E-state index in [0.29, 0.717) is 23.0 Å². The fourth-order valence-electron chi connectivity index (χ4n) is 2.55. The maximum absolute atomic E-state index is 12.7. The average Bonchev–Trinajstić information content (AvgIpc) is 3.05. The molecule has 3 rings (SSSR count). The summed E-state index contributed by atoms with van der Waals surface area (Å²) < 4.78 is 5.28. The van der Waals surface area contributed by atoms with E-state index in [4.69, 9.17) is 16.3 Å². The number of anilines is 1. The number of nitrogens with zero attached hydrogens (tertiary/aromatic N) is 1. The smallest absolute Gasteiger partial charge is 0.323 e. The second-order valence-corrected chi connectivity index (χ2v) is 6.73. The van der Waals surface area contributed by atoms with Gasteiger partial charge in [-0.2, -0.15) is 0 Å². The first-order valence-corrected chi connectivity index (χ1v) is 8.69. The molecular weight excluding hydrogens is 332 g/mol. The van der Waals surface area contributed by atoms with Crippen LogP contribution in [0, 0.1) is 0 Å². The van der Waals surface area contributed by atoms with Gasteiger partial charge < -0.3 is 15.0 Å². The Bertz CT molecular complexity index is 710. The minimum absolute atomic E-state index is 0.0246. The Labute approximate surface area is 144 Å². The van der Waals surface area contributed by atoms with Crippen molar-refractivity contribution in [1.82, 2.24) is 4.90 Å². The van der Waals surface area contributed by atoms with Gasteiger partial charge in [-0.3, -0.25) is 0 Å². The van der Waals surface area contributed by atoms with E-state index in [1.54, 1.807) is 18.9 Å². The Hall–Kier alpha value is -1.85. The molecule has 0 radical (unpaired) electrons. The van der Waals surface area contributed by atoms with Gasteiger partial charge in [-0.05, 0) is 29.8 Å². The minimum Gasteiger partial charge on any atom is -0.495 e. The van der Waals surface area contributed by atoms with E-state index in [9.17, 15) is 4.79 Å². The van der Waals surface area contributed by atoms with E-state index >= 15 is 0 Å². The molecule has 2 amide bonds. The summed E-state index contributed by atoms with van der Waals surface area (Å²) in [6, 6.07) is 14.9. The lowest BCUT2D eigenvalue weighted by molar-refractivity contribution is 0.214. The molecule has 1 atom stereocenters. The van der Waals surface area contributed by atoms with Crippen LogP contribution in [0.4, 0.5) is 10.5 Å². The lowest BCUT2D eigenvalue weighted by Crippen LogP contribution is -2.34. The van der Waals surface area contributed by atoms with Crippen LogP contribution in [-0.2, 0) is 0 Å². The summed E-state index contributed by atoms with van der Waals surface area (Å²) in [6.07, 6.45) is 0. The summed E-state index contributed by atoms with van der Waals surface area (Å²) in [7, 11) is 1.59. The van der Waals surface area contributed by atoms with Gasteiger partial charge >= 0.3 is 6.03 Å². The molecule has 0 bridgehead atoms. The number of hydrogen-bond donors (Lipinski definition) is 1. The quantitative estimate of drug-likeness (QED) is 0.879. The molecule has 2 aromatic carbocycles. The van der Waals surface area contributed by atoms with E-state index in [-0.39, 0.29) is 11.4 Å². The fourth-order valence-corrected chi connectivity index (χ4v) is 3.99. The van der Waals surface area contributed by atoms with Crippen LogP contribution in [0.2, 0.25) is 5.02 Å². The van der Waals surface area contributed by atoms with Crippen LogP contribution >= 0.6 is 23.4 Å². The van der Waals surface area contributed by atoms with Crippen molar-refractivity contribution in [1.29, 1.82) is 0 Å². The second-order valence-electron chi connectivity index (χ2n) is 5.10. The first kappa shape index (κ1) is 16.0. The van der Waals surface area contributed by atoms with Gasteiger partial charge in [-0.1, -0.05) is 35.9 Å². The topological polar surface area (TPSA) is 41.6 Å². The first-order chi connectivity index (χ1) is 11.2. The van der Waals surface area contributed by atoms with Crippen LogP contribution in [0.1, 0.15) is 10.9 Å². The number of ether oxygens (including phenoxy) is 1. The fraction of sp³-hybridized carbons (Fsp3) is 0.235. The third-order valence-corrected chi connectivity index (χ3v) is 5.13. The summed E-state index contributed by atoms with van der Waals surface area (Å²) in [6.45, 7) is 0.697. The summed E-state index contributed by atoms with van der Waals surface area (Å²) in [4.78, 5) is 14.5. The maximum atomic E-state index is 12.7. The molecule has 6 heteroatoms. The van der Waals surface area contributed by atoms with E-state index in [1.807, 2.05) is 53.4 Å². The number of amides is 2. The Balaban J connectivity index is 1.78. The van der Waals surface area contributed by atoms with E-state index in [1.165, 1.54) is 0 Å². The van der Waals surface area contributed by atoms with E-state index in [2.05, 4.69) is 5.32 Å². The molecule has 4 nitrogen and oxygen atoms in total. The highest BCUT2D eigenvalue weighted by atomic mass is 35.5. The normalized spacial score (nSPS) is 17.1. The zero-order valence-corrected chi connectivity index (χ0v) is 14.2. The monoisotopic (exact) mass is 348 g/mol. The van der Waals surface area contributed by atoms with Gasteiger partial charge in [0.05, 0.1) is 12.8 Å². The lowest BCUT2D eigenvalue weighted by atomic mass is 10.2. The van der Waals surface area contributed by atoms with Crippen molar-refractivity contribution in [3.63, 3.8) is 0 Å². The van der Waals surface area contributed by atoms with E-state index in [0.717, 1.165) is 11.3 Å². The highest BCUT2D eigenvalue weighted by molar-refractivity contribution is 7.99. The Morgan fingerprint density at radius 3 is 2.91 bits per heavy atom. The molecular formula is C17H17ClN2O2S. The van der Waals surface area contributed by atoms with Crippen LogP contribution in [0.25, 0.3) is 0 Å². The van der Waals surface area contributed by atoms with Crippen molar-refractivity contribution >= 4 is 35.1 Å². The van der Waals surface area contributed by atoms with Gasteiger partial charge in [0.2, 0.25) is 0 Å². The van der Waals surface area contributed by atoms with Gasteiger partial charge in [0.25, 0.3) is 0 Å². The van der Waals surface area contributed by atoms with Crippen LogP contribution in [0.5, 0.6) is 5.75 Å². The zero-order chi connectivity index (χ0) is 16.2. The lowest BCUT2D eigenvalue weighted by Gasteiger charge is -2.25. The molecule has 1 heterocycles. The second kappa shape index (κ2) is 7.15. The number of halogens is 1. The number of carbonyl (C=O) groups is 1. The first-order valence-electron chi connectivity index (χ1n) is 7.27. The van der Waals surface area contributed by atoms with Crippen molar-refractivity contribution in [2.24, 2.45) is 0 Å². The molecule has 0 aliphatic carbocycles. The number of benzene rings is 2. The minimum atomic E-state index is -0.135. The Kier molecular flexibility index (Phi) is 4.98. The molecule has 23 heavy (non-hydrogen) atoms. The molecule has 0 unspecified atom stereocenters. The van der Waals surface area contributed by atoms with Gasteiger partial charge in [0, 0.05) is 17.3 Å². The average molecular weight is 349 g/mol. The zero-order valence-electron chi connectivity index (χ0n) is 12.7. The number of hydrogen-bond acceptors (Lipinski definition) is 3. The summed E-state index contributed by atoms with van der Waals surface area (Å²) >= 11 is 7.81. The molecule has 120 valence electrons. The molecule has 0 aromatic heterocycles. The number of nitrogens with one attached hydrogen (secondary N) is 1. The molecule has 1 aliphatic heterocycles. The molecule has 1 aliphatic rings. The summed E-state index contributed by atoms with van der Waals surface area (Å²) in [5.74, 6) is 1.54. The number of rotatable bonds is 3. The Morgan fingerprint density at radius 1 is 1.30 bits per heavy atom. The highest BCUT2D eigenvalue weighted by Gasteiger charge is 2.31. The highest BCUT2D eigenvalue weighted by Crippen LogP contribution is 2.39. The molecule has 1 N–H and O–H groups in total. The van der Waals surface area contributed by atoms with Crippen LogP contribution < -0.4 is 10.1 Å². The van der Waals surface area contributed by atoms with E-state index < -0.39 is 0 Å². The third kappa shape index (κ3) is 3.57. The van der Waals surface area contributed by atoms with Crippen molar-refractivity contribution in [3.8, 4) is 5.75 Å². The predicted molar refractivity (Wildman–Crippen MR) is 95.4 cm³/mol. The van der Waals surface area contributed by atoms with Crippen molar-refractivity contribution in [2.75, 3.05) is 24.7 Å². The third-order valence-electron chi connectivity index (χ3n) is 3.63. The molecule has 2 aromatic rings.